The van der Waals surface area contributed by atoms with Gasteiger partial charge in [0.25, 0.3) is 0 Å². The largest absolute Gasteiger partial charge is 0.319 e. The minimum atomic E-state index is -2.18. The van der Waals surface area contributed by atoms with Crippen molar-refractivity contribution in [3.05, 3.63) is 35.4 Å². The van der Waals surface area contributed by atoms with E-state index < -0.39 is 8.25 Å². The van der Waals surface area contributed by atoms with Gasteiger partial charge in [0.2, 0.25) is 0 Å². The summed E-state index contributed by atoms with van der Waals surface area (Å²) in [6.45, 7) is 5.25. The van der Waals surface area contributed by atoms with Crippen molar-refractivity contribution < 1.29 is 13.6 Å². The Morgan fingerprint density at radius 2 is 1.47 bits per heavy atom. The van der Waals surface area contributed by atoms with Crippen LogP contribution in [0.2, 0.25) is 5.02 Å². The SMILES string of the molecule is CCCCO[PH](=O)OCCCC.Clc1ccccc1. The van der Waals surface area contributed by atoms with E-state index in [0.717, 1.165) is 30.7 Å². The van der Waals surface area contributed by atoms with E-state index in [1.165, 1.54) is 0 Å². The molecular weight excluding hydrogens is 283 g/mol. The van der Waals surface area contributed by atoms with Gasteiger partial charge < -0.3 is 9.05 Å². The molecular formula is C14H24ClO3P. The molecule has 5 heteroatoms. The Kier molecular flexibility index (Phi) is 13.8. The monoisotopic (exact) mass is 306 g/mol. The Bertz CT molecular complexity index is 308. The van der Waals surface area contributed by atoms with Crippen LogP contribution in [0.1, 0.15) is 39.5 Å². The van der Waals surface area contributed by atoms with Crippen LogP contribution in [-0.4, -0.2) is 13.2 Å². The smallest absolute Gasteiger partial charge is 0.311 e. The predicted octanol–water partition coefficient (Wildman–Crippen LogP) is 5.35. The molecule has 1 aromatic rings. The summed E-state index contributed by atoms with van der Waals surface area (Å²) in [6, 6.07) is 9.44. The van der Waals surface area contributed by atoms with Crippen LogP contribution in [-0.2, 0) is 13.6 Å². The molecule has 0 N–H and O–H groups in total. The first-order valence-corrected chi connectivity index (χ1v) is 8.31. The highest BCUT2D eigenvalue weighted by molar-refractivity contribution is 7.33. The van der Waals surface area contributed by atoms with E-state index in [2.05, 4.69) is 13.8 Å². The summed E-state index contributed by atoms with van der Waals surface area (Å²) >= 11 is 5.54. The third-order valence-corrected chi connectivity index (χ3v) is 3.30. The lowest BCUT2D eigenvalue weighted by Crippen LogP contribution is -1.90. The molecule has 19 heavy (non-hydrogen) atoms. The van der Waals surface area contributed by atoms with Gasteiger partial charge in [-0.3, -0.25) is 4.57 Å². The molecule has 0 spiro atoms. The first-order valence-electron chi connectivity index (χ1n) is 6.70. The van der Waals surface area contributed by atoms with Crippen LogP contribution in [0.4, 0.5) is 0 Å². The van der Waals surface area contributed by atoms with Gasteiger partial charge in [-0.1, -0.05) is 56.5 Å². The highest BCUT2D eigenvalue weighted by Crippen LogP contribution is 2.24. The van der Waals surface area contributed by atoms with Crippen LogP contribution in [0, 0.1) is 0 Å². The standard InChI is InChI=1S/C8H19O3P.C6H5Cl/c1-3-5-7-10-12(9)11-8-6-4-2;7-6-4-2-1-3-5-6/h12H,3-8H2,1-2H3;1-5H. The predicted molar refractivity (Wildman–Crippen MR) is 82.2 cm³/mol. The molecule has 1 rings (SSSR count). The summed E-state index contributed by atoms with van der Waals surface area (Å²) in [7, 11) is -2.18. The molecule has 0 heterocycles. The second kappa shape index (κ2) is 14.1. The Hall–Kier alpha value is -0.340. The minimum Gasteiger partial charge on any atom is -0.311 e. The van der Waals surface area contributed by atoms with Crippen molar-refractivity contribution in [2.75, 3.05) is 13.2 Å². The van der Waals surface area contributed by atoms with E-state index >= 15 is 0 Å². The number of hydrogen-bond acceptors (Lipinski definition) is 3. The van der Waals surface area contributed by atoms with E-state index in [9.17, 15) is 4.57 Å². The molecule has 0 bridgehead atoms. The number of halogens is 1. The second-order valence-corrected chi connectivity index (χ2v) is 5.46. The van der Waals surface area contributed by atoms with Gasteiger partial charge in [0.1, 0.15) is 0 Å². The lowest BCUT2D eigenvalue weighted by Gasteiger charge is -2.03. The van der Waals surface area contributed by atoms with Gasteiger partial charge in [0.05, 0.1) is 13.2 Å². The summed E-state index contributed by atoms with van der Waals surface area (Å²) < 4.78 is 20.8. The van der Waals surface area contributed by atoms with Crippen molar-refractivity contribution in [3.63, 3.8) is 0 Å². The van der Waals surface area contributed by atoms with Gasteiger partial charge >= 0.3 is 8.25 Å². The van der Waals surface area contributed by atoms with E-state index in [4.69, 9.17) is 20.6 Å². The van der Waals surface area contributed by atoms with E-state index in [0.29, 0.717) is 13.2 Å². The number of benzene rings is 1. The highest BCUT2D eigenvalue weighted by atomic mass is 35.5. The first-order chi connectivity index (χ1) is 9.20. The maximum atomic E-state index is 10.9. The van der Waals surface area contributed by atoms with Crippen molar-refractivity contribution in [1.82, 2.24) is 0 Å². The number of rotatable bonds is 8. The van der Waals surface area contributed by atoms with E-state index in [1.807, 2.05) is 30.3 Å². The molecule has 0 saturated heterocycles. The fourth-order valence-electron chi connectivity index (χ4n) is 1.06. The van der Waals surface area contributed by atoms with Crippen LogP contribution in [0.15, 0.2) is 30.3 Å². The minimum absolute atomic E-state index is 0.556. The topological polar surface area (TPSA) is 35.5 Å². The summed E-state index contributed by atoms with van der Waals surface area (Å²) in [5.41, 5.74) is 0. The van der Waals surface area contributed by atoms with Crippen molar-refractivity contribution in [2.45, 2.75) is 39.5 Å². The van der Waals surface area contributed by atoms with Crippen LogP contribution < -0.4 is 0 Å². The fourth-order valence-corrected chi connectivity index (χ4v) is 1.91. The zero-order valence-electron chi connectivity index (χ0n) is 11.7. The summed E-state index contributed by atoms with van der Waals surface area (Å²) in [6.07, 6.45) is 4.02. The molecule has 3 nitrogen and oxygen atoms in total. The molecule has 0 aliphatic rings. The van der Waals surface area contributed by atoms with E-state index in [1.54, 1.807) is 0 Å². The number of hydrogen-bond donors (Lipinski definition) is 0. The molecule has 0 radical (unpaired) electrons. The average Bonchev–Trinajstić information content (AvgIpc) is 2.41. The molecule has 0 aliphatic heterocycles. The van der Waals surface area contributed by atoms with Crippen molar-refractivity contribution in [3.8, 4) is 0 Å². The maximum absolute atomic E-state index is 10.9. The summed E-state index contributed by atoms with van der Waals surface area (Å²) in [5, 5.41) is 0.794. The molecule has 1 aromatic carbocycles. The van der Waals surface area contributed by atoms with Crippen LogP contribution in [0.25, 0.3) is 0 Å². The fraction of sp³-hybridized carbons (Fsp3) is 0.571. The molecule has 0 amide bonds. The van der Waals surface area contributed by atoms with Gasteiger partial charge in [-0.05, 0) is 25.0 Å². The van der Waals surface area contributed by atoms with Crippen molar-refractivity contribution >= 4 is 19.9 Å². The average molecular weight is 307 g/mol. The first kappa shape index (κ1) is 18.7. The van der Waals surface area contributed by atoms with Crippen LogP contribution >= 0.6 is 19.9 Å². The third-order valence-electron chi connectivity index (χ3n) is 2.17. The quantitative estimate of drug-likeness (QED) is 0.480. The highest BCUT2D eigenvalue weighted by Gasteiger charge is 1.97. The van der Waals surface area contributed by atoms with Crippen molar-refractivity contribution in [1.29, 1.82) is 0 Å². The van der Waals surface area contributed by atoms with Crippen LogP contribution in [0.3, 0.4) is 0 Å². The lowest BCUT2D eigenvalue weighted by molar-refractivity contribution is 0.221. The molecule has 0 unspecified atom stereocenters. The Balaban J connectivity index is 0.000000388. The van der Waals surface area contributed by atoms with Gasteiger partial charge in [0.15, 0.2) is 0 Å². The van der Waals surface area contributed by atoms with Gasteiger partial charge in [0, 0.05) is 5.02 Å². The molecule has 0 aromatic heterocycles. The van der Waals surface area contributed by atoms with Gasteiger partial charge in [-0.15, -0.1) is 0 Å². The maximum Gasteiger partial charge on any atom is 0.319 e. The molecule has 0 saturated carbocycles. The van der Waals surface area contributed by atoms with Crippen molar-refractivity contribution in [2.24, 2.45) is 0 Å². The zero-order valence-corrected chi connectivity index (χ0v) is 13.5. The van der Waals surface area contributed by atoms with Crippen LogP contribution in [0.5, 0.6) is 0 Å². The third kappa shape index (κ3) is 13.9. The normalized spacial score (nSPS) is 10.1. The molecule has 0 fully saturated rings. The lowest BCUT2D eigenvalue weighted by atomic mass is 10.4. The number of unbranched alkanes of at least 4 members (excludes halogenated alkanes) is 2. The molecule has 0 aliphatic carbocycles. The Morgan fingerprint density at radius 3 is 1.79 bits per heavy atom. The zero-order chi connectivity index (χ0) is 14.3. The second-order valence-electron chi connectivity index (χ2n) is 3.95. The van der Waals surface area contributed by atoms with Gasteiger partial charge in [-0.25, -0.2) is 0 Å². The molecule has 0 atom stereocenters. The molecule has 110 valence electrons. The van der Waals surface area contributed by atoms with E-state index in [-0.39, 0.29) is 0 Å². The Labute approximate surface area is 122 Å². The summed E-state index contributed by atoms with van der Waals surface area (Å²) in [4.78, 5) is 0. The Morgan fingerprint density at radius 1 is 1.00 bits per heavy atom. The van der Waals surface area contributed by atoms with Gasteiger partial charge in [-0.2, -0.15) is 0 Å². The summed E-state index contributed by atoms with van der Waals surface area (Å²) in [5.74, 6) is 0.